The SMILES string of the molecule is CC(C)Cc1cccc(C(NN)c2cc(Br)ccc2N)c1. The van der Waals surface area contributed by atoms with E-state index in [1.807, 2.05) is 18.2 Å². The molecule has 112 valence electrons. The summed E-state index contributed by atoms with van der Waals surface area (Å²) in [5.41, 5.74) is 13.1. The van der Waals surface area contributed by atoms with E-state index in [9.17, 15) is 0 Å². The van der Waals surface area contributed by atoms with Crippen molar-refractivity contribution in [1.82, 2.24) is 5.43 Å². The summed E-state index contributed by atoms with van der Waals surface area (Å²) in [6.07, 6.45) is 1.05. The second-order valence-corrected chi connectivity index (χ2v) is 6.63. The van der Waals surface area contributed by atoms with Gasteiger partial charge in [-0.05, 0) is 47.2 Å². The summed E-state index contributed by atoms with van der Waals surface area (Å²) in [4.78, 5) is 0. The smallest absolute Gasteiger partial charge is 0.0730 e. The topological polar surface area (TPSA) is 64.1 Å². The number of hydrazine groups is 1. The third-order valence-corrected chi connectivity index (χ3v) is 3.95. The zero-order valence-corrected chi connectivity index (χ0v) is 14.0. The van der Waals surface area contributed by atoms with Gasteiger partial charge in [0.05, 0.1) is 6.04 Å². The molecule has 0 aromatic heterocycles. The maximum absolute atomic E-state index is 6.11. The molecule has 0 radical (unpaired) electrons. The molecule has 0 aliphatic rings. The van der Waals surface area contributed by atoms with Crippen LogP contribution < -0.4 is 17.0 Å². The summed E-state index contributed by atoms with van der Waals surface area (Å²) in [6.45, 7) is 4.44. The minimum absolute atomic E-state index is 0.116. The van der Waals surface area contributed by atoms with Gasteiger partial charge in [0.15, 0.2) is 0 Å². The van der Waals surface area contributed by atoms with Crippen LogP contribution in [0.1, 0.15) is 36.6 Å². The Morgan fingerprint density at radius 2 is 1.90 bits per heavy atom. The molecule has 0 heterocycles. The van der Waals surface area contributed by atoms with E-state index in [-0.39, 0.29) is 6.04 Å². The zero-order chi connectivity index (χ0) is 15.4. The first-order valence-electron chi connectivity index (χ1n) is 7.11. The Bertz CT molecular complexity index is 611. The van der Waals surface area contributed by atoms with Gasteiger partial charge in [-0.3, -0.25) is 5.84 Å². The molecular weight excluding hydrogens is 326 g/mol. The molecule has 3 nitrogen and oxygen atoms in total. The van der Waals surface area contributed by atoms with E-state index in [4.69, 9.17) is 11.6 Å². The minimum Gasteiger partial charge on any atom is -0.398 e. The molecule has 0 saturated heterocycles. The molecule has 4 heteroatoms. The van der Waals surface area contributed by atoms with Crippen LogP contribution in [-0.2, 0) is 6.42 Å². The number of nitrogens with one attached hydrogen (secondary N) is 1. The number of anilines is 1. The van der Waals surface area contributed by atoms with E-state index >= 15 is 0 Å². The van der Waals surface area contributed by atoms with E-state index in [0.717, 1.165) is 27.7 Å². The van der Waals surface area contributed by atoms with Crippen molar-refractivity contribution in [3.8, 4) is 0 Å². The molecular formula is C17H22BrN3. The highest BCUT2D eigenvalue weighted by molar-refractivity contribution is 9.10. The maximum Gasteiger partial charge on any atom is 0.0730 e. The molecule has 21 heavy (non-hydrogen) atoms. The molecule has 0 amide bonds. The number of hydrogen-bond acceptors (Lipinski definition) is 3. The van der Waals surface area contributed by atoms with Crippen LogP contribution in [0.3, 0.4) is 0 Å². The van der Waals surface area contributed by atoms with Crippen molar-refractivity contribution in [2.45, 2.75) is 26.3 Å². The highest BCUT2D eigenvalue weighted by Gasteiger charge is 2.16. The van der Waals surface area contributed by atoms with Crippen LogP contribution in [-0.4, -0.2) is 0 Å². The van der Waals surface area contributed by atoms with Crippen LogP contribution in [0.4, 0.5) is 5.69 Å². The fourth-order valence-corrected chi connectivity index (χ4v) is 2.91. The molecule has 2 aromatic rings. The van der Waals surface area contributed by atoms with Gasteiger partial charge in [0.1, 0.15) is 0 Å². The number of nitrogens with two attached hydrogens (primary N) is 2. The lowest BCUT2D eigenvalue weighted by atomic mass is 9.94. The van der Waals surface area contributed by atoms with Crippen molar-refractivity contribution in [2.24, 2.45) is 11.8 Å². The van der Waals surface area contributed by atoms with E-state index in [2.05, 4.69) is 59.5 Å². The molecule has 0 aliphatic heterocycles. The molecule has 0 fully saturated rings. The number of benzene rings is 2. The van der Waals surface area contributed by atoms with Crippen molar-refractivity contribution < 1.29 is 0 Å². The number of hydrogen-bond donors (Lipinski definition) is 3. The molecule has 0 saturated carbocycles. The van der Waals surface area contributed by atoms with Crippen LogP contribution in [0.5, 0.6) is 0 Å². The summed E-state index contributed by atoms with van der Waals surface area (Å²) < 4.78 is 0.991. The van der Waals surface area contributed by atoms with E-state index < -0.39 is 0 Å². The first kappa shape index (κ1) is 16.0. The van der Waals surface area contributed by atoms with Gasteiger partial charge in [0, 0.05) is 10.2 Å². The van der Waals surface area contributed by atoms with Gasteiger partial charge in [0.2, 0.25) is 0 Å². The standard InChI is InChI=1S/C17H22BrN3/c1-11(2)8-12-4-3-5-13(9-12)17(21-20)15-10-14(18)6-7-16(15)19/h3-7,9-11,17,21H,8,19-20H2,1-2H3. The van der Waals surface area contributed by atoms with Crippen LogP contribution in [0.25, 0.3) is 0 Å². The lowest BCUT2D eigenvalue weighted by Gasteiger charge is -2.20. The fraction of sp³-hybridized carbons (Fsp3) is 0.294. The monoisotopic (exact) mass is 347 g/mol. The summed E-state index contributed by atoms with van der Waals surface area (Å²) in [5.74, 6) is 6.41. The normalized spacial score (nSPS) is 12.6. The van der Waals surface area contributed by atoms with Crippen LogP contribution in [0, 0.1) is 5.92 Å². The summed E-state index contributed by atoms with van der Waals surface area (Å²) in [6, 6.07) is 14.2. The quantitative estimate of drug-likeness (QED) is 0.438. The second-order valence-electron chi connectivity index (χ2n) is 5.72. The van der Waals surface area contributed by atoms with Gasteiger partial charge in [-0.2, -0.15) is 0 Å². The molecule has 1 atom stereocenters. The third-order valence-electron chi connectivity index (χ3n) is 3.45. The Labute approximate surface area is 134 Å². The average molecular weight is 348 g/mol. The van der Waals surface area contributed by atoms with Gasteiger partial charge < -0.3 is 5.73 Å². The molecule has 2 rings (SSSR count). The maximum atomic E-state index is 6.11. The van der Waals surface area contributed by atoms with Crippen molar-refractivity contribution in [1.29, 1.82) is 0 Å². The van der Waals surface area contributed by atoms with Crippen molar-refractivity contribution in [2.75, 3.05) is 5.73 Å². The molecule has 5 N–H and O–H groups in total. The lowest BCUT2D eigenvalue weighted by Crippen LogP contribution is -2.29. The van der Waals surface area contributed by atoms with Gasteiger partial charge in [0.25, 0.3) is 0 Å². The minimum atomic E-state index is -0.116. The highest BCUT2D eigenvalue weighted by atomic mass is 79.9. The Hall–Kier alpha value is -1.36. The Morgan fingerprint density at radius 1 is 1.14 bits per heavy atom. The molecule has 1 unspecified atom stereocenters. The fourth-order valence-electron chi connectivity index (χ4n) is 2.53. The Balaban J connectivity index is 2.39. The average Bonchev–Trinajstić information content (AvgIpc) is 2.43. The summed E-state index contributed by atoms with van der Waals surface area (Å²) in [5, 5.41) is 0. The second kappa shape index (κ2) is 7.07. The lowest BCUT2D eigenvalue weighted by molar-refractivity contribution is 0.628. The molecule has 0 spiro atoms. The Kier molecular flexibility index (Phi) is 5.39. The predicted octanol–water partition coefficient (Wildman–Crippen LogP) is 3.78. The van der Waals surface area contributed by atoms with Gasteiger partial charge in [-0.15, -0.1) is 0 Å². The van der Waals surface area contributed by atoms with E-state index in [1.165, 1.54) is 5.56 Å². The number of halogens is 1. The zero-order valence-electron chi connectivity index (χ0n) is 12.4. The van der Waals surface area contributed by atoms with Crippen LogP contribution in [0.15, 0.2) is 46.9 Å². The third kappa shape index (κ3) is 4.06. The molecule has 2 aromatic carbocycles. The first-order valence-corrected chi connectivity index (χ1v) is 7.90. The first-order chi connectivity index (χ1) is 10.0. The van der Waals surface area contributed by atoms with Gasteiger partial charge in [-0.1, -0.05) is 54.0 Å². The number of rotatable bonds is 5. The number of nitrogen functional groups attached to an aromatic ring is 1. The molecule has 0 bridgehead atoms. The Morgan fingerprint density at radius 3 is 2.57 bits per heavy atom. The largest absolute Gasteiger partial charge is 0.398 e. The van der Waals surface area contributed by atoms with Crippen molar-refractivity contribution in [3.05, 3.63) is 63.6 Å². The van der Waals surface area contributed by atoms with E-state index in [1.54, 1.807) is 0 Å². The highest BCUT2D eigenvalue weighted by Crippen LogP contribution is 2.29. The summed E-state index contributed by atoms with van der Waals surface area (Å²) >= 11 is 3.49. The summed E-state index contributed by atoms with van der Waals surface area (Å²) in [7, 11) is 0. The van der Waals surface area contributed by atoms with Crippen LogP contribution >= 0.6 is 15.9 Å². The van der Waals surface area contributed by atoms with Crippen molar-refractivity contribution >= 4 is 21.6 Å². The van der Waals surface area contributed by atoms with Gasteiger partial charge in [-0.25, -0.2) is 5.43 Å². The predicted molar refractivity (Wildman–Crippen MR) is 92.7 cm³/mol. The van der Waals surface area contributed by atoms with Gasteiger partial charge >= 0.3 is 0 Å². The molecule has 0 aliphatic carbocycles. The van der Waals surface area contributed by atoms with Crippen molar-refractivity contribution in [3.63, 3.8) is 0 Å². The van der Waals surface area contributed by atoms with Crippen LogP contribution in [0.2, 0.25) is 0 Å². The van der Waals surface area contributed by atoms with E-state index in [0.29, 0.717) is 5.92 Å².